The number of hydrogen-bond acceptors (Lipinski definition) is 7. The van der Waals surface area contributed by atoms with E-state index in [0.717, 1.165) is 34.4 Å². The molecule has 0 radical (unpaired) electrons. The second-order valence-corrected chi connectivity index (χ2v) is 6.98. The van der Waals surface area contributed by atoms with Crippen LogP contribution >= 0.6 is 0 Å². The average Bonchev–Trinajstić information content (AvgIpc) is 3.26. The van der Waals surface area contributed by atoms with Crippen molar-refractivity contribution in [1.29, 1.82) is 0 Å². The highest BCUT2D eigenvalue weighted by molar-refractivity contribution is 5.66. The molecule has 0 bridgehead atoms. The molecule has 0 N–H and O–H groups in total. The fourth-order valence-electron chi connectivity index (χ4n) is 3.47. The fraction of sp³-hybridized carbons (Fsp3) is 0.550. The zero-order valence-corrected chi connectivity index (χ0v) is 17.6. The molecule has 0 saturated heterocycles. The van der Waals surface area contributed by atoms with Gasteiger partial charge in [0.05, 0.1) is 7.05 Å². The lowest BCUT2D eigenvalue weighted by atomic mass is 9.98. The van der Waals surface area contributed by atoms with Gasteiger partial charge in [0.15, 0.2) is 12.0 Å². The molecule has 2 heterocycles. The van der Waals surface area contributed by atoms with Crippen molar-refractivity contribution in [3.8, 4) is 17.1 Å². The van der Waals surface area contributed by atoms with E-state index in [-0.39, 0.29) is 0 Å². The molecule has 1 aliphatic rings. The second kappa shape index (κ2) is 7.98. The van der Waals surface area contributed by atoms with Crippen molar-refractivity contribution in [3.63, 3.8) is 0 Å². The van der Waals surface area contributed by atoms with Gasteiger partial charge in [-0.05, 0) is 48.7 Å². The first-order valence-corrected chi connectivity index (χ1v) is 9.36. The molecule has 1 aromatic carbocycles. The first kappa shape index (κ1) is 20.4. The SMILES string of the molecule is CCCC1(OC)OC(OC)C=C1Oc1c(C)cc(-c2nnn(C)n2)c(C)c1C. The summed E-state index contributed by atoms with van der Waals surface area (Å²) in [5, 5.41) is 12.4. The predicted octanol–water partition coefficient (Wildman–Crippen LogP) is 3.21. The summed E-state index contributed by atoms with van der Waals surface area (Å²) in [5.41, 5.74) is 3.95. The van der Waals surface area contributed by atoms with Crippen molar-refractivity contribution in [2.45, 2.75) is 52.6 Å². The van der Waals surface area contributed by atoms with Crippen LogP contribution in [0.5, 0.6) is 5.75 Å². The quantitative estimate of drug-likeness (QED) is 0.720. The summed E-state index contributed by atoms with van der Waals surface area (Å²) in [7, 11) is 4.97. The molecule has 152 valence electrons. The zero-order valence-electron chi connectivity index (χ0n) is 17.6. The molecule has 0 fully saturated rings. The minimum atomic E-state index is -0.951. The van der Waals surface area contributed by atoms with E-state index in [4.69, 9.17) is 18.9 Å². The Morgan fingerprint density at radius 2 is 1.96 bits per heavy atom. The molecular weight excluding hydrogens is 360 g/mol. The molecule has 3 rings (SSSR count). The summed E-state index contributed by atoms with van der Waals surface area (Å²) in [5.74, 6) is 1.03. The van der Waals surface area contributed by atoms with Crippen molar-refractivity contribution < 1.29 is 18.9 Å². The van der Waals surface area contributed by atoms with Gasteiger partial charge in [0, 0.05) is 32.3 Å². The molecule has 0 spiro atoms. The Balaban J connectivity index is 2.01. The third-order valence-corrected chi connectivity index (χ3v) is 5.10. The Kier molecular flexibility index (Phi) is 5.83. The van der Waals surface area contributed by atoms with Crippen LogP contribution in [0.4, 0.5) is 0 Å². The van der Waals surface area contributed by atoms with E-state index in [0.29, 0.717) is 18.0 Å². The average molecular weight is 388 g/mol. The molecule has 2 unspecified atom stereocenters. The molecule has 0 aliphatic carbocycles. The number of nitrogens with zero attached hydrogens (tertiary/aromatic N) is 4. The van der Waals surface area contributed by atoms with Crippen molar-refractivity contribution in [1.82, 2.24) is 20.2 Å². The van der Waals surface area contributed by atoms with Crippen molar-refractivity contribution in [3.05, 3.63) is 34.6 Å². The molecule has 2 aromatic rings. The van der Waals surface area contributed by atoms with Crippen LogP contribution in [0.3, 0.4) is 0 Å². The largest absolute Gasteiger partial charge is 0.456 e. The third-order valence-electron chi connectivity index (χ3n) is 5.10. The fourth-order valence-corrected chi connectivity index (χ4v) is 3.47. The number of aromatic nitrogens is 4. The minimum Gasteiger partial charge on any atom is -0.456 e. The first-order valence-electron chi connectivity index (χ1n) is 9.36. The summed E-state index contributed by atoms with van der Waals surface area (Å²) in [4.78, 5) is 1.45. The van der Waals surface area contributed by atoms with E-state index < -0.39 is 12.1 Å². The molecule has 2 atom stereocenters. The molecule has 28 heavy (non-hydrogen) atoms. The van der Waals surface area contributed by atoms with Crippen molar-refractivity contribution in [2.75, 3.05) is 14.2 Å². The van der Waals surface area contributed by atoms with Gasteiger partial charge in [0.2, 0.25) is 11.6 Å². The van der Waals surface area contributed by atoms with Crippen molar-refractivity contribution >= 4 is 0 Å². The Morgan fingerprint density at radius 3 is 2.54 bits per heavy atom. The molecule has 0 saturated carbocycles. The number of hydrogen-bond donors (Lipinski definition) is 0. The molecule has 1 aromatic heterocycles. The van der Waals surface area contributed by atoms with Gasteiger partial charge in [-0.2, -0.15) is 4.80 Å². The molecule has 8 nitrogen and oxygen atoms in total. The van der Waals surface area contributed by atoms with Crippen LogP contribution in [-0.2, 0) is 21.3 Å². The Bertz CT molecular complexity index is 893. The number of ether oxygens (including phenoxy) is 4. The number of aryl methyl sites for hydroxylation is 2. The smallest absolute Gasteiger partial charge is 0.230 e. The highest BCUT2D eigenvalue weighted by Gasteiger charge is 2.45. The predicted molar refractivity (Wildman–Crippen MR) is 104 cm³/mol. The highest BCUT2D eigenvalue weighted by atomic mass is 16.8. The normalized spacial score (nSPS) is 21.8. The van der Waals surface area contributed by atoms with Gasteiger partial charge in [0.25, 0.3) is 0 Å². The number of benzene rings is 1. The Morgan fingerprint density at radius 1 is 1.21 bits per heavy atom. The monoisotopic (exact) mass is 388 g/mol. The van der Waals surface area contributed by atoms with Gasteiger partial charge in [-0.1, -0.05) is 13.3 Å². The lowest BCUT2D eigenvalue weighted by Gasteiger charge is -2.30. The summed E-state index contributed by atoms with van der Waals surface area (Å²) in [6.07, 6.45) is 2.85. The molecule has 0 amide bonds. The third kappa shape index (κ3) is 3.55. The van der Waals surface area contributed by atoms with Crippen LogP contribution in [0.1, 0.15) is 36.5 Å². The van der Waals surface area contributed by atoms with Crippen LogP contribution in [0.2, 0.25) is 0 Å². The van der Waals surface area contributed by atoms with E-state index in [2.05, 4.69) is 22.3 Å². The second-order valence-electron chi connectivity index (χ2n) is 6.98. The Hall–Kier alpha value is -2.29. The maximum absolute atomic E-state index is 6.37. The molecule has 8 heteroatoms. The summed E-state index contributed by atoms with van der Waals surface area (Å²) in [6.45, 7) is 8.13. The molecular formula is C20H28N4O4. The van der Waals surface area contributed by atoms with E-state index in [1.165, 1.54) is 4.80 Å². The van der Waals surface area contributed by atoms with E-state index in [1.54, 1.807) is 21.3 Å². The number of methoxy groups -OCH3 is 2. The van der Waals surface area contributed by atoms with Crippen LogP contribution in [0, 0.1) is 20.8 Å². The van der Waals surface area contributed by atoms with E-state index >= 15 is 0 Å². The lowest BCUT2D eigenvalue weighted by molar-refractivity contribution is -0.257. The van der Waals surface area contributed by atoms with Gasteiger partial charge in [0.1, 0.15) is 5.75 Å². The van der Waals surface area contributed by atoms with Gasteiger partial charge >= 0.3 is 0 Å². The minimum absolute atomic E-state index is 0.508. The van der Waals surface area contributed by atoms with Crippen LogP contribution in [-0.4, -0.2) is 46.5 Å². The topological polar surface area (TPSA) is 80.5 Å². The number of rotatable bonds is 7. The maximum atomic E-state index is 6.37. The van der Waals surface area contributed by atoms with Gasteiger partial charge in [-0.15, -0.1) is 10.2 Å². The summed E-state index contributed by atoms with van der Waals surface area (Å²) in [6, 6.07) is 2.02. The first-order chi connectivity index (χ1) is 13.3. The lowest BCUT2D eigenvalue weighted by Crippen LogP contribution is -2.37. The van der Waals surface area contributed by atoms with Gasteiger partial charge < -0.3 is 18.9 Å². The standard InChI is InChI=1S/C20H28N4O4/c1-8-9-20(26-7)16(11-17(25-6)28-20)27-18-12(2)10-15(13(3)14(18)4)19-21-23-24(5)22-19/h10-11,17H,8-9H2,1-7H3. The van der Waals surface area contributed by atoms with Gasteiger partial charge in [-0.3, -0.25) is 0 Å². The van der Waals surface area contributed by atoms with Gasteiger partial charge in [-0.25, -0.2) is 0 Å². The van der Waals surface area contributed by atoms with Crippen LogP contribution < -0.4 is 4.74 Å². The highest BCUT2D eigenvalue weighted by Crippen LogP contribution is 2.40. The van der Waals surface area contributed by atoms with Crippen LogP contribution in [0.25, 0.3) is 11.4 Å². The number of tetrazole rings is 1. The van der Waals surface area contributed by atoms with E-state index in [1.807, 2.05) is 32.9 Å². The summed E-state index contributed by atoms with van der Waals surface area (Å²) < 4.78 is 23.5. The maximum Gasteiger partial charge on any atom is 0.230 e. The van der Waals surface area contributed by atoms with E-state index in [9.17, 15) is 0 Å². The van der Waals surface area contributed by atoms with Crippen molar-refractivity contribution in [2.24, 2.45) is 7.05 Å². The summed E-state index contributed by atoms with van der Waals surface area (Å²) >= 11 is 0. The Labute approximate surface area is 165 Å². The van der Waals surface area contributed by atoms with Crippen LogP contribution in [0.15, 0.2) is 17.9 Å². The molecule has 1 aliphatic heterocycles. The zero-order chi connectivity index (χ0) is 20.5.